The zero-order valence-corrected chi connectivity index (χ0v) is 17.0. The number of anilines is 1. The van der Waals surface area contributed by atoms with E-state index in [1.165, 1.54) is 32.3 Å². The molecule has 1 aromatic rings. The summed E-state index contributed by atoms with van der Waals surface area (Å²) < 4.78 is 30.7. The van der Waals surface area contributed by atoms with E-state index in [4.69, 9.17) is 9.84 Å². The number of ether oxygens (including phenoxy) is 1. The van der Waals surface area contributed by atoms with E-state index in [9.17, 15) is 18.0 Å². The Balaban J connectivity index is 3.09. The van der Waals surface area contributed by atoms with Crippen LogP contribution in [0.2, 0.25) is 0 Å². The molecule has 0 fully saturated rings. The van der Waals surface area contributed by atoms with E-state index in [0.717, 1.165) is 4.31 Å². The number of nitrogens with one attached hydrogen (secondary N) is 2. The Hall–Kier alpha value is -2.17. The molecule has 0 saturated heterocycles. The fourth-order valence-electron chi connectivity index (χ4n) is 2.07. The molecule has 0 aliphatic carbocycles. The SMILES string of the molecule is CN(C)S(=O)(=O)c1ccc(NCCO)c(C(=O)OCC(=O)NC(C)(C)C)c1. The number of hydrogen-bond acceptors (Lipinski definition) is 7. The lowest BCUT2D eigenvalue weighted by atomic mass is 10.1. The van der Waals surface area contributed by atoms with E-state index in [1.807, 2.05) is 0 Å². The summed E-state index contributed by atoms with van der Waals surface area (Å²) in [7, 11) is -1.00. The van der Waals surface area contributed by atoms with Gasteiger partial charge in [0, 0.05) is 31.9 Å². The number of carbonyl (C=O) groups excluding carboxylic acids is 2. The molecule has 10 heteroatoms. The van der Waals surface area contributed by atoms with Gasteiger partial charge in [-0.05, 0) is 39.0 Å². The highest BCUT2D eigenvalue weighted by Crippen LogP contribution is 2.23. The van der Waals surface area contributed by atoms with E-state index < -0.39 is 34.0 Å². The molecule has 0 spiro atoms. The molecule has 0 unspecified atom stereocenters. The second-order valence-electron chi connectivity index (χ2n) is 7.02. The van der Waals surface area contributed by atoms with Crippen LogP contribution in [0.25, 0.3) is 0 Å². The summed E-state index contributed by atoms with van der Waals surface area (Å²) in [5, 5.41) is 14.4. The fraction of sp³-hybridized carbons (Fsp3) is 0.529. The van der Waals surface area contributed by atoms with Crippen LogP contribution in [0.1, 0.15) is 31.1 Å². The van der Waals surface area contributed by atoms with Crippen LogP contribution < -0.4 is 10.6 Å². The van der Waals surface area contributed by atoms with Gasteiger partial charge in [-0.25, -0.2) is 17.5 Å². The lowest BCUT2D eigenvalue weighted by Crippen LogP contribution is -2.42. The fourth-order valence-corrected chi connectivity index (χ4v) is 3.00. The molecule has 9 nitrogen and oxygen atoms in total. The van der Waals surface area contributed by atoms with Gasteiger partial charge in [-0.1, -0.05) is 0 Å². The number of amides is 1. The van der Waals surface area contributed by atoms with Crippen molar-refractivity contribution in [1.29, 1.82) is 0 Å². The number of nitrogens with zero attached hydrogens (tertiary/aromatic N) is 1. The van der Waals surface area contributed by atoms with Crippen molar-refractivity contribution < 1.29 is 27.9 Å². The average Bonchev–Trinajstić information content (AvgIpc) is 2.55. The van der Waals surface area contributed by atoms with Gasteiger partial charge in [0.15, 0.2) is 6.61 Å². The van der Waals surface area contributed by atoms with Crippen molar-refractivity contribution in [2.45, 2.75) is 31.2 Å². The number of carbonyl (C=O) groups is 2. The summed E-state index contributed by atoms with van der Waals surface area (Å²) in [5.41, 5.74) is -0.227. The molecule has 0 saturated carbocycles. The molecule has 0 radical (unpaired) electrons. The summed E-state index contributed by atoms with van der Waals surface area (Å²) in [4.78, 5) is 24.2. The normalized spacial score (nSPS) is 12.0. The Morgan fingerprint density at radius 2 is 1.85 bits per heavy atom. The maximum absolute atomic E-state index is 12.4. The molecule has 152 valence electrons. The van der Waals surface area contributed by atoms with Gasteiger partial charge in [-0.15, -0.1) is 0 Å². The second kappa shape index (κ2) is 9.16. The summed E-state index contributed by atoms with van der Waals surface area (Å²) in [6.07, 6.45) is 0. The van der Waals surface area contributed by atoms with Gasteiger partial charge in [-0.2, -0.15) is 0 Å². The molecule has 0 aliphatic heterocycles. The van der Waals surface area contributed by atoms with Crippen LogP contribution in [0.15, 0.2) is 23.1 Å². The van der Waals surface area contributed by atoms with Crippen LogP contribution in [-0.2, 0) is 19.6 Å². The van der Waals surface area contributed by atoms with E-state index in [-0.39, 0.29) is 23.6 Å². The highest BCUT2D eigenvalue weighted by atomic mass is 32.2. The predicted molar refractivity (Wildman–Crippen MR) is 101 cm³/mol. The molecular weight excluding hydrogens is 374 g/mol. The molecule has 1 aromatic carbocycles. The first-order chi connectivity index (χ1) is 12.4. The first-order valence-corrected chi connectivity index (χ1v) is 9.72. The maximum atomic E-state index is 12.4. The Kier molecular flexibility index (Phi) is 7.76. The van der Waals surface area contributed by atoms with Gasteiger partial charge in [-0.3, -0.25) is 4.79 Å². The van der Waals surface area contributed by atoms with Crippen LogP contribution in [-0.4, -0.2) is 69.1 Å². The van der Waals surface area contributed by atoms with Crippen LogP contribution in [0, 0.1) is 0 Å². The van der Waals surface area contributed by atoms with E-state index in [2.05, 4.69) is 10.6 Å². The zero-order chi connectivity index (χ0) is 20.8. The first kappa shape index (κ1) is 22.9. The molecule has 0 heterocycles. The van der Waals surface area contributed by atoms with Crippen LogP contribution in [0.5, 0.6) is 0 Å². The lowest BCUT2D eigenvalue weighted by molar-refractivity contribution is -0.125. The Bertz CT molecular complexity index is 784. The lowest BCUT2D eigenvalue weighted by Gasteiger charge is -2.20. The zero-order valence-electron chi connectivity index (χ0n) is 16.2. The average molecular weight is 401 g/mol. The monoisotopic (exact) mass is 401 g/mol. The van der Waals surface area contributed by atoms with Crippen molar-refractivity contribution in [3.8, 4) is 0 Å². The summed E-state index contributed by atoms with van der Waals surface area (Å²) in [6.45, 7) is 4.85. The van der Waals surface area contributed by atoms with Crippen molar-refractivity contribution in [2.75, 3.05) is 39.2 Å². The number of hydrogen-bond donors (Lipinski definition) is 3. The van der Waals surface area contributed by atoms with Crippen molar-refractivity contribution >= 4 is 27.6 Å². The number of rotatable bonds is 8. The standard InChI is InChI=1S/C17H27N3O6S/c1-17(2,3)19-15(22)11-26-16(23)13-10-12(27(24,25)20(4)5)6-7-14(13)18-8-9-21/h6-7,10,18,21H,8-9,11H2,1-5H3,(H,19,22). The highest BCUT2D eigenvalue weighted by Gasteiger charge is 2.23. The minimum Gasteiger partial charge on any atom is -0.452 e. The second-order valence-corrected chi connectivity index (χ2v) is 9.17. The van der Waals surface area contributed by atoms with Gasteiger partial charge in [0.1, 0.15) is 0 Å². The third-order valence-corrected chi connectivity index (χ3v) is 5.08. The number of benzene rings is 1. The Morgan fingerprint density at radius 1 is 1.22 bits per heavy atom. The molecular formula is C17H27N3O6S. The van der Waals surface area contributed by atoms with Crippen molar-refractivity contribution in [1.82, 2.24) is 9.62 Å². The molecule has 0 bridgehead atoms. The molecule has 0 atom stereocenters. The minimum atomic E-state index is -3.76. The van der Waals surface area contributed by atoms with E-state index in [0.29, 0.717) is 5.69 Å². The quantitative estimate of drug-likeness (QED) is 0.539. The molecule has 0 aromatic heterocycles. The summed E-state index contributed by atoms with van der Waals surface area (Å²) in [5.74, 6) is -1.33. The minimum absolute atomic E-state index is 0.0464. The summed E-state index contributed by atoms with van der Waals surface area (Å²) in [6, 6.07) is 3.94. The smallest absolute Gasteiger partial charge is 0.340 e. The molecule has 3 N–H and O–H groups in total. The Labute approximate surface area is 159 Å². The van der Waals surface area contributed by atoms with Gasteiger partial charge < -0.3 is 20.5 Å². The molecule has 27 heavy (non-hydrogen) atoms. The van der Waals surface area contributed by atoms with Gasteiger partial charge in [0.05, 0.1) is 17.1 Å². The van der Waals surface area contributed by atoms with Crippen LogP contribution in [0.3, 0.4) is 0 Å². The number of aliphatic hydroxyl groups is 1. The maximum Gasteiger partial charge on any atom is 0.340 e. The molecule has 1 rings (SSSR count). The van der Waals surface area contributed by atoms with Crippen molar-refractivity contribution in [3.63, 3.8) is 0 Å². The predicted octanol–water partition coefficient (Wildman–Crippen LogP) is 0.413. The number of esters is 1. The number of sulfonamides is 1. The third kappa shape index (κ3) is 6.81. The van der Waals surface area contributed by atoms with Crippen molar-refractivity contribution in [3.05, 3.63) is 23.8 Å². The summed E-state index contributed by atoms with van der Waals surface area (Å²) >= 11 is 0. The largest absolute Gasteiger partial charge is 0.452 e. The molecule has 1 amide bonds. The van der Waals surface area contributed by atoms with E-state index >= 15 is 0 Å². The van der Waals surface area contributed by atoms with Gasteiger partial charge >= 0.3 is 5.97 Å². The topological polar surface area (TPSA) is 125 Å². The highest BCUT2D eigenvalue weighted by molar-refractivity contribution is 7.89. The van der Waals surface area contributed by atoms with E-state index in [1.54, 1.807) is 20.8 Å². The van der Waals surface area contributed by atoms with Gasteiger partial charge in [0.2, 0.25) is 10.0 Å². The molecule has 0 aliphatic rings. The first-order valence-electron chi connectivity index (χ1n) is 8.28. The van der Waals surface area contributed by atoms with Crippen LogP contribution in [0.4, 0.5) is 5.69 Å². The third-order valence-electron chi connectivity index (χ3n) is 3.27. The van der Waals surface area contributed by atoms with Crippen molar-refractivity contribution in [2.24, 2.45) is 0 Å². The Morgan fingerprint density at radius 3 is 2.37 bits per heavy atom. The van der Waals surface area contributed by atoms with Crippen LogP contribution >= 0.6 is 0 Å². The van der Waals surface area contributed by atoms with Gasteiger partial charge in [0.25, 0.3) is 5.91 Å². The number of aliphatic hydroxyl groups excluding tert-OH is 1.